The maximum absolute atomic E-state index is 13.0. The number of aliphatic imine (C=N–C) groups is 1. The third kappa shape index (κ3) is 7.03. The highest BCUT2D eigenvalue weighted by Gasteiger charge is 2.41. The van der Waals surface area contributed by atoms with Crippen molar-refractivity contribution in [3.05, 3.63) is 24.3 Å². The molecule has 182 valence electrons. The molecule has 32 heavy (non-hydrogen) atoms. The van der Waals surface area contributed by atoms with Crippen LogP contribution in [-0.4, -0.2) is 87.4 Å². The number of anilines is 1. The summed E-state index contributed by atoms with van der Waals surface area (Å²) in [6.07, 6.45) is -3.12. The molecule has 1 N–H and O–H groups in total. The molecule has 0 spiro atoms. The second kappa shape index (κ2) is 12.2. The Morgan fingerprint density at radius 3 is 2.56 bits per heavy atom. The van der Waals surface area contributed by atoms with E-state index in [1.807, 2.05) is 19.1 Å². The number of nitrogens with zero attached hydrogens (tertiary/aromatic N) is 4. The van der Waals surface area contributed by atoms with Gasteiger partial charge in [-0.3, -0.25) is 9.89 Å². The molecule has 0 saturated carbocycles. The van der Waals surface area contributed by atoms with Crippen LogP contribution < -0.4 is 15.0 Å². The van der Waals surface area contributed by atoms with Crippen LogP contribution in [0, 0.1) is 5.92 Å². The van der Waals surface area contributed by atoms with Gasteiger partial charge in [0.05, 0.1) is 7.11 Å². The van der Waals surface area contributed by atoms with Crippen molar-refractivity contribution in [1.29, 1.82) is 0 Å². The Kier molecular flexibility index (Phi) is 10.2. The molecular formula is C22H35F3IN5O. The third-order valence-electron chi connectivity index (χ3n) is 6.17. The molecular weight excluding hydrogens is 534 g/mol. The normalized spacial score (nSPS) is 21.3. The summed E-state index contributed by atoms with van der Waals surface area (Å²) in [6, 6.07) is 6.69. The molecule has 10 heteroatoms. The van der Waals surface area contributed by atoms with Crippen LogP contribution in [0.25, 0.3) is 0 Å². The second-order valence-electron chi connectivity index (χ2n) is 8.24. The lowest BCUT2D eigenvalue weighted by Gasteiger charge is -2.39. The van der Waals surface area contributed by atoms with Crippen molar-refractivity contribution in [2.24, 2.45) is 10.9 Å². The van der Waals surface area contributed by atoms with Crippen molar-refractivity contribution in [1.82, 2.24) is 15.1 Å². The number of benzene rings is 1. The Bertz CT molecular complexity index is 741. The maximum atomic E-state index is 13.0. The van der Waals surface area contributed by atoms with E-state index < -0.39 is 12.2 Å². The van der Waals surface area contributed by atoms with Gasteiger partial charge in [-0.15, -0.1) is 24.0 Å². The molecule has 0 amide bonds. The van der Waals surface area contributed by atoms with E-state index >= 15 is 0 Å². The summed E-state index contributed by atoms with van der Waals surface area (Å²) in [5.74, 6) is 2.11. The van der Waals surface area contributed by atoms with Gasteiger partial charge in [0.2, 0.25) is 0 Å². The van der Waals surface area contributed by atoms with Crippen LogP contribution in [0.1, 0.15) is 20.3 Å². The van der Waals surface area contributed by atoms with Crippen molar-refractivity contribution in [2.45, 2.75) is 32.5 Å². The summed E-state index contributed by atoms with van der Waals surface area (Å²) in [6.45, 7) is 8.49. The highest BCUT2D eigenvalue weighted by atomic mass is 127. The molecule has 1 aromatic rings. The number of methoxy groups -OCH3 is 1. The number of hydrogen-bond donors (Lipinski definition) is 1. The first-order valence-electron chi connectivity index (χ1n) is 11.0. The van der Waals surface area contributed by atoms with Gasteiger partial charge >= 0.3 is 6.18 Å². The summed E-state index contributed by atoms with van der Waals surface area (Å²) in [5.41, 5.74) is 1.16. The smallest absolute Gasteiger partial charge is 0.403 e. The van der Waals surface area contributed by atoms with Crippen LogP contribution in [0.2, 0.25) is 0 Å². The fourth-order valence-electron chi connectivity index (χ4n) is 4.19. The van der Waals surface area contributed by atoms with E-state index in [0.717, 1.165) is 43.5 Å². The Morgan fingerprint density at radius 1 is 1.22 bits per heavy atom. The molecule has 2 aliphatic rings. The molecule has 0 radical (unpaired) electrons. The van der Waals surface area contributed by atoms with Crippen LogP contribution in [0.5, 0.6) is 5.75 Å². The number of piperazine rings is 1. The minimum absolute atomic E-state index is 0. The molecule has 2 heterocycles. The van der Waals surface area contributed by atoms with E-state index in [0.29, 0.717) is 38.6 Å². The highest BCUT2D eigenvalue weighted by Crippen LogP contribution is 2.27. The SMILES string of the molecule is CCNC(=NCC1CCN(c2cccc(OC)c2)C1)N1CCN(C(C)C(F)(F)F)CC1.I. The highest BCUT2D eigenvalue weighted by molar-refractivity contribution is 14.0. The van der Waals surface area contributed by atoms with Crippen molar-refractivity contribution in [2.75, 3.05) is 64.4 Å². The first-order chi connectivity index (χ1) is 14.8. The minimum atomic E-state index is -4.18. The van der Waals surface area contributed by atoms with Crippen LogP contribution >= 0.6 is 24.0 Å². The standard InChI is InChI=1S/C22H34F3N5O.HI/c1-4-26-21(29-12-10-28(11-13-29)17(2)22(23,24)25)27-15-18-8-9-30(16-18)19-6-5-7-20(14-19)31-3;/h5-7,14,17-18H,4,8-13,15-16H2,1-3H3,(H,26,27);1H. The van der Waals surface area contributed by atoms with Crippen molar-refractivity contribution in [3.63, 3.8) is 0 Å². The number of alkyl halides is 3. The van der Waals surface area contributed by atoms with Crippen molar-refractivity contribution >= 4 is 35.6 Å². The van der Waals surface area contributed by atoms with Crippen LogP contribution in [0.15, 0.2) is 29.3 Å². The van der Waals surface area contributed by atoms with Gasteiger partial charge in [-0.2, -0.15) is 13.2 Å². The molecule has 0 bridgehead atoms. The third-order valence-corrected chi connectivity index (χ3v) is 6.17. The minimum Gasteiger partial charge on any atom is -0.497 e. The van der Waals surface area contributed by atoms with E-state index in [2.05, 4.69) is 27.2 Å². The van der Waals surface area contributed by atoms with Gasteiger partial charge in [-0.1, -0.05) is 6.07 Å². The van der Waals surface area contributed by atoms with E-state index in [-0.39, 0.29) is 24.0 Å². The number of nitrogens with one attached hydrogen (secondary N) is 1. The Labute approximate surface area is 206 Å². The zero-order valence-corrected chi connectivity index (χ0v) is 21.4. The second-order valence-corrected chi connectivity index (χ2v) is 8.24. The van der Waals surface area contributed by atoms with Crippen molar-refractivity contribution in [3.8, 4) is 5.75 Å². The van der Waals surface area contributed by atoms with E-state index in [1.165, 1.54) is 11.8 Å². The van der Waals surface area contributed by atoms with Gasteiger partial charge in [0, 0.05) is 64.1 Å². The van der Waals surface area contributed by atoms with E-state index in [1.54, 1.807) is 7.11 Å². The van der Waals surface area contributed by atoms with Crippen LogP contribution in [0.3, 0.4) is 0 Å². The number of halogens is 4. The number of rotatable bonds is 6. The molecule has 6 nitrogen and oxygen atoms in total. The van der Waals surface area contributed by atoms with Gasteiger partial charge in [0.25, 0.3) is 0 Å². The molecule has 3 rings (SSSR count). The number of ether oxygens (including phenoxy) is 1. The van der Waals surface area contributed by atoms with Crippen LogP contribution in [0.4, 0.5) is 18.9 Å². The Hall–Kier alpha value is -1.43. The van der Waals surface area contributed by atoms with Gasteiger partial charge in [0.1, 0.15) is 11.8 Å². The summed E-state index contributed by atoms with van der Waals surface area (Å²) >= 11 is 0. The van der Waals surface area contributed by atoms with Gasteiger partial charge in [0.15, 0.2) is 5.96 Å². The van der Waals surface area contributed by atoms with Crippen LogP contribution in [-0.2, 0) is 0 Å². The first kappa shape index (κ1) is 26.8. The summed E-state index contributed by atoms with van der Waals surface area (Å²) in [5, 5.41) is 3.31. The van der Waals surface area contributed by atoms with Gasteiger partial charge < -0.3 is 19.9 Å². The predicted octanol–water partition coefficient (Wildman–Crippen LogP) is 3.67. The largest absolute Gasteiger partial charge is 0.497 e. The van der Waals surface area contributed by atoms with E-state index in [4.69, 9.17) is 9.73 Å². The van der Waals surface area contributed by atoms with Gasteiger partial charge in [-0.05, 0) is 38.3 Å². The van der Waals surface area contributed by atoms with Gasteiger partial charge in [-0.25, -0.2) is 0 Å². The zero-order valence-electron chi connectivity index (χ0n) is 19.1. The summed E-state index contributed by atoms with van der Waals surface area (Å²) in [7, 11) is 1.67. The molecule has 2 aliphatic heterocycles. The fourth-order valence-corrected chi connectivity index (χ4v) is 4.19. The average molecular weight is 569 g/mol. The lowest BCUT2D eigenvalue weighted by atomic mass is 10.1. The average Bonchev–Trinajstić information content (AvgIpc) is 3.25. The lowest BCUT2D eigenvalue weighted by Crippen LogP contribution is -2.56. The first-order valence-corrected chi connectivity index (χ1v) is 11.0. The molecule has 2 fully saturated rings. The number of guanidine groups is 1. The maximum Gasteiger partial charge on any atom is 0.403 e. The number of hydrogen-bond acceptors (Lipinski definition) is 4. The predicted molar refractivity (Wildman–Crippen MR) is 133 cm³/mol. The lowest BCUT2D eigenvalue weighted by molar-refractivity contribution is -0.181. The molecule has 2 atom stereocenters. The van der Waals surface area contributed by atoms with E-state index in [9.17, 15) is 13.2 Å². The monoisotopic (exact) mass is 569 g/mol. The molecule has 0 aliphatic carbocycles. The Morgan fingerprint density at radius 2 is 1.94 bits per heavy atom. The Balaban J connectivity index is 0.00000363. The topological polar surface area (TPSA) is 43.3 Å². The van der Waals surface area contributed by atoms with Crippen molar-refractivity contribution < 1.29 is 17.9 Å². The molecule has 0 aromatic heterocycles. The summed E-state index contributed by atoms with van der Waals surface area (Å²) in [4.78, 5) is 10.8. The molecule has 2 unspecified atom stereocenters. The fraction of sp³-hybridized carbons (Fsp3) is 0.682. The molecule has 1 aromatic carbocycles. The zero-order chi connectivity index (χ0) is 22.4. The molecule has 2 saturated heterocycles. The summed E-state index contributed by atoms with van der Waals surface area (Å²) < 4.78 is 44.3. The quantitative estimate of drug-likeness (QED) is 0.322.